The van der Waals surface area contributed by atoms with Crippen LogP contribution in [0.2, 0.25) is 0 Å². The molecule has 0 N–H and O–H groups in total. The highest BCUT2D eigenvalue weighted by molar-refractivity contribution is 5.77. The van der Waals surface area contributed by atoms with Gasteiger partial charge in [0, 0.05) is 38.7 Å². The van der Waals surface area contributed by atoms with Crippen LogP contribution >= 0.6 is 0 Å². The van der Waals surface area contributed by atoms with E-state index >= 15 is 0 Å². The van der Waals surface area contributed by atoms with Crippen LogP contribution < -0.4 is 0 Å². The first kappa shape index (κ1) is 15.4. The number of amides is 1. The lowest BCUT2D eigenvalue weighted by atomic mass is 9.85. The third kappa shape index (κ3) is 2.97. The first-order valence-electron chi connectivity index (χ1n) is 9.05. The van der Waals surface area contributed by atoms with Crippen molar-refractivity contribution in [2.24, 2.45) is 13.0 Å². The van der Waals surface area contributed by atoms with Crippen LogP contribution in [0.15, 0.2) is 36.7 Å². The van der Waals surface area contributed by atoms with E-state index in [0.29, 0.717) is 11.8 Å². The summed E-state index contributed by atoms with van der Waals surface area (Å²) in [4.78, 5) is 14.9. The lowest BCUT2D eigenvalue weighted by Gasteiger charge is -2.35. The molecule has 1 aromatic heterocycles. The van der Waals surface area contributed by atoms with E-state index in [4.69, 9.17) is 0 Å². The second-order valence-corrected chi connectivity index (χ2v) is 7.33. The molecule has 1 aromatic carbocycles. The third-order valence-corrected chi connectivity index (χ3v) is 5.61. The van der Waals surface area contributed by atoms with Crippen molar-refractivity contribution in [2.75, 3.05) is 6.54 Å². The molecule has 1 aliphatic carbocycles. The van der Waals surface area contributed by atoms with Crippen molar-refractivity contribution in [1.82, 2.24) is 14.7 Å². The van der Waals surface area contributed by atoms with Crippen LogP contribution in [0, 0.1) is 5.92 Å². The molecule has 2 heterocycles. The number of nitrogens with zero attached hydrogens (tertiary/aromatic N) is 3. The standard InChI is InChI=1S/C20H25N3O/c1-22-12-17(11-21-22)19-14-23(13-16-8-4-5-9-18(16)19)20(24)10-15-6-2-3-7-15/h4-5,8-9,11-12,15,19H,2-3,6-7,10,13-14H2,1H3. The summed E-state index contributed by atoms with van der Waals surface area (Å²) >= 11 is 0. The predicted molar refractivity (Wildman–Crippen MR) is 93.5 cm³/mol. The molecule has 1 aliphatic heterocycles. The molecular weight excluding hydrogens is 298 g/mol. The van der Waals surface area contributed by atoms with Crippen molar-refractivity contribution < 1.29 is 4.79 Å². The molecule has 1 saturated carbocycles. The fourth-order valence-electron chi connectivity index (χ4n) is 4.29. The molecule has 2 aromatic rings. The van der Waals surface area contributed by atoms with E-state index in [2.05, 4.69) is 40.5 Å². The van der Waals surface area contributed by atoms with Gasteiger partial charge in [-0.2, -0.15) is 5.10 Å². The lowest BCUT2D eigenvalue weighted by molar-refractivity contribution is -0.133. The molecule has 2 aliphatic rings. The van der Waals surface area contributed by atoms with Gasteiger partial charge in [0.1, 0.15) is 0 Å². The quantitative estimate of drug-likeness (QED) is 0.867. The van der Waals surface area contributed by atoms with E-state index in [-0.39, 0.29) is 5.92 Å². The Labute approximate surface area is 143 Å². The largest absolute Gasteiger partial charge is 0.337 e. The van der Waals surface area contributed by atoms with Crippen LogP contribution in [-0.4, -0.2) is 27.1 Å². The van der Waals surface area contributed by atoms with E-state index < -0.39 is 0 Å². The average Bonchev–Trinajstić information content (AvgIpc) is 3.25. The van der Waals surface area contributed by atoms with Gasteiger partial charge in [-0.25, -0.2) is 0 Å². The Morgan fingerprint density at radius 1 is 1.25 bits per heavy atom. The first-order valence-corrected chi connectivity index (χ1v) is 9.05. The molecule has 1 amide bonds. The van der Waals surface area contributed by atoms with Gasteiger partial charge in [-0.05, 0) is 35.4 Å². The Kier molecular flexibility index (Phi) is 4.13. The minimum Gasteiger partial charge on any atom is -0.337 e. The highest BCUT2D eigenvalue weighted by Crippen LogP contribution is 2.35. The molecule has 24 heavy (non-hydrogen) atoms. The summed E-state index contributed by atoms with van der Waals surface area (Å²) in [6, 6.07) is 8.53. The number of benzene rings is 1. The number of aryl methyl sites for hydroxylation is 1. The highest BCUT2D eigenvalue weighted by atomic mass is 16.2. The number of aromatic nitrogens is 2. The van der Waals surface area contributed by atoms with Gasteiger partial charge < -0.3 is 4.90 Å². The fourth-order valence-corrected chi connectivity index (χ4v) is 4.29. The van der Waals surface area contributed by atoms with Gasteiger partial charge in [-0.1, -0.05) is 37.1 Å². The van der Waals surface area contributed by atoms with Crippen LogP contribution in [0.4, 0.5) is 0 Å². The van der Waals surface area contributed by atoms with E-state index in [0.717, 1.165) is 19.5 Å². The zero-order chi connectivity index (χ0) is 16.5. The minimum atomic E-state index is 0.233. The fraction of sp³-hybridized carbons (Fsp3) is 0.500. The Bertz CT molecular complexity index is 730. The SMILES string of the molecule is Cn1cc(C2CN(C(=O)CC3CCCC3)Cc3ccccc32)cn1. The second kappa shape index (κ2) is 6.42. The summed E-state index contributed by atoms with van der Waals surface area (Å²) in [6.07, 6.45) is 9.77. The number of hydrogen-bond donors (Lipinski definition) is 0. The highest BCUT2D eigenvalue weighted by Gasteiger charge is 2.31. The van der Waals surface area contributed by atoms with E-state index in [9.17, 15) is 4.79 Å². The molecule has 1 atom stereocenters. The van der Waals surface area contributed by atoms with Gasteiger partial charge in [0.15, 0.2) is 0 Å². The van der Waals surface area contributed by atoms with Gasteiger partial charge in [0.25, 0.3) is 0 Å². The maximum atomic E-state index is 12.9. The Morgan fingerprint density at radius 2 is 2.04 bits per heavy atom. The minimum absolute atomic E-state index is 0.233. The number of carbonyl (C=O) groups is 1. The van der Waals surface area contributed by atoms with Gasteiger partial charge in [0.2, 0.25) is 5.91 Å². The Balaban J connectivity index is 1.59. The summed E-state index contributed by atoms with van der Waals surface area (Å²) in [7, 11) is 1.95. The Morgan fingerprint density at radius 3 is 2.79 bits per heavy atom. The predicted octanol–water partition coefficient (Wildman–Crippen LogP) is 3.47. The summed E-state index contributed by atoms with van der Waals surface area (Å²) in [6.45, 7) is 1.52. The molecule has 126 valence electrons. The van der Waals surface area contributed by atoms with E-state index in [1.807, 2.05) is 17.9 Å². The van der Waals surface area contributed by atoms with Crippen LogP contribution in [0.1, 0.15) is 54.7 Å². The molecule has 0 spiro atoms. The van der Waals surface area contributed by atoms with E-state index in [1.165, 1.54) is 42.4 Å². The first-order chi connectivity index (χ1) is 11.7. The van der Waals surface area contributed by atoms with Gasteiger partial charge in [-0.15, -0.1) is 0 Å². The number of carbonyl (C=O) groups excluding carboxylic acids is 1. The zero-order valence-corrected chi connectivity index (χ0v) is 14.3. The molecule has 0 saturated heterocycles. The van der Waals surface area contributed by atoms with Crippen molar-refractivity contribution in [2.45, 2.75) is 44.6 Å². The van der Waals surface area contributed by atoms with Gasteiger partial charge in [0.05, 0.1) is 6.20 Å². The van der Waals surface area contributed by atoms with Crippen LogP contribution in [0.25, 0.3) is 0 Å². The van der Waals surface area contributed by atoms with Crippen molar-refractivity contribution in [3.63, 3.8) is 0 Å². The van der Waals surface area contributed by atoms with Crippen LogP contribution in [0.3, 0.4) is 0 Å². The molecule has 4 heteroatoms. The molecule has 1 unspecified atom stereocenters. The smallest absolute Gasteiger partial charge is 0.223 e. The Hall–Kier alpha value is -2.10. The zero-order valence-electron chi connectivity index (χ0n) is 14.3. The van der Waals surface area contributed by atoms with E-state index in [1.54, 1.807) is 0 Å². The van der Waals surface area contributed by atoms with Crippen molar-refractivity contribution in [1.29, 1.82) is 0 Å². The topological polar surface area (TPSA) is 38.1 Å². The number of fused-ring (bicyclic) bond motifs is 1. The monoisotopic (exact) mass is 323 g/mol. The summed E-state index contributed by atoms with van der Waals surface area (Å²) in [5.74, 6) is 1.16. The van der Waals surface area contributed by atoms with Gasteiger partial charge >= 0.3 is 0 Å². The van der Waals surface area contributed by atoms with Crippen LogP contribution in [0.5, 0.6) is 0 Å². The number of rotatable bonds is 3. The number of hydrogen-bond acceptors (Lipinski definition) is 2. The maximum Gasteiger partial charge on any atom is 0.223 e. The molecule has 4 rings (SSSR count). The normalized spacial score (nSPS) is 21.0. The average molecular weight is 323 g/mol. The van der Waals surface area contributed by atoms with Crippen molar-refractivity contribution >= 4 is 5.91 Å². The summed E-state index contributed by atoms with van der Waals surface area (Å²) < 4.78 is 1.84. The molecular formula is C20H25N3O. The van der Waals surface area contributed by atoms with Crippen molar-refractivity contribution in [3.05, 3.63) is 53.3 Å². The molecule has 4 nitrogen and oxygen atoms in total. The van der Waals surface area contributed by atoms with Crippen molar-refractivity contribution in [3.8, 4) is 0 Å². The van der Waals surface area contributed by atoms with Crippen LogP contribution in [-0.2, 0) is 18.4 Å². The maximum absolute atomic E-state index is 12.9. The summed E-state index contributed by atoms with van der Waals surface area (Å²) in [5.41, 5.74) is 3.82. The third-order valence-electron chi connectivity index (χ3n) is 5.61. The lowest BCUT2D eigenvalue weighted by Crippen LogP contribution is -2.39. The second-order valence-electron chi connectivity index (χ2n) is 7.33. The summed E-state index contributed by atoms with van der Waals surface area (Å²) in [5, 5.41) is 4.33. The molecule has 0 bridgehead atoms. The van der Waals surface area contributed by atoms with Gasteiger partial charge in [-0.3, -0.25) is 9.48 Å². The molecule has 0 radical (unpaired) electrons. The molecule has 1 fully saturated rings.